The number of amides is 2. The highest BCUT2D eigenvalue weighted by atomic mass is 16.5. The van der Waals surface area contributed by atoms with Crippen LogP contribution in [0.5, 0.6) is 0 Å². The Balaban J connectivity index is 1.75. The Morgan fingerprint density at radius 3 is 1.84 bits per heavy atom. The van der Waals surface area contributed by atoms with Crippen molar-refractivity contribution >= 4 is 23.8 Å². The van der Waals surface area contributed by atoms with E-state index in [0.717, 1.165) is 4.90 Å². The minimum atomic E-state index is -0.836. The molecule has 0 atom stereocenters. The van der Waals surface area contributed by atoms with Crippen LogP contribution >= 0.6 is 0 Å². The first-order valence-corrected chi connectivity index (χ1v) is 7.34. The number of ether oxygens (including phenoxy) is 2. The fourth-order valence-electron chi connectivity index (χ4n) is 2.51. The van der Waals surface area contributed by atoms with Gasteiger partial charge in [-0.1, -0.05) is 24.3 Å². The second-order valence-corrected chi connectivity index (χ2v) is 5.18. The topological polar surface area (TPSA) is 90.0 Å². The molecule has 1 aliphatic heterocycles. The van der Waals surface area contributed by atoms with Crippen LogP contribution in [-0.2, 0) is 9.47 Å². The fourth-order valence-corrected chi connectivity index (χ4v) is 2.51. The molecule has 7 nitrogen and oxygen atoms in total. The number of carbonyl (C=O) groups excluding carboxylic acids is 4. The van der Waals surface area contributed by atoms with Crippen LogP contribution in [0.4, 0.5) is 0 Å². The van der Waals surface area contributed by atoms with Gasteiger partial charge in [0.2, 0.25) is 0 Å². The molecule has 2 aromatic carbocycles. The molecular formula is C18H13NO6. The van der Waals surface area contributed by atoms with Gasteiger partial charge in [-0.3, -0.25) is 9.59 Å². The van der Waals surface area contributed by atoms with Gasteiger partial charge in [-0.2, -0.15) is 0 Å². The van der Waals surface area contributed by atoms with Crippen LogP contribution in [0.3, 0.4) is 0 Å². The number of methoxy groups -OCH3 is 1. The van der Waals surface area contributed by atoms with E-state index in [4.69, 9.17) is 4.74 Å². The van der Waals surface area contributed by atoms with Gasteiger partial charge in [0.25, 0.3) is 11.8 Å². The smallest absolute Gasteiger partial charge is 0.340 e. The Labute approximate surface area is 142 Å². The predicted molar refractivity (Wildman–Crippen MR) is 85.0 cm³/mol. The number of esters is 2. The number of hydrogen-bond donors (Lipinski definition) is 0. The lowest BCUT2D eigenvalue weighted by molar-refractivity contribution is 0.0223. The SMILES string of the molecule is COC(=O)c1ccccc1C(=O)OCN1C(=O)c2ccccc2C1=O. The molecule has 0 radical (unpaired) electrons. The third kappa shape index (κ3) is 2.87. The molecule has 0 N–H and O–H groups in total. The van der Waals surface area contributed by atoms with Crippen LogP contribution in [0.1, 0.15) is 41.4 Å². The molecule has 2 aromatic rings. The van der Waals surface area contributed by atoms with Crippen LogP contribution in [0.25, 0.3) is 0 Å². The van der Waals surface area contributed by atoms with E-state index in [0.29, 0.717) is 0 Å². The van der Waals surface area contributed by atoms with Gasteiger partial charge in [-0.05, 0) is 24.3 Å². The Morgan fingerprint density at radius 1 is 0.840 bits per heavy atom. The van der Waals surface area contributed by atoms with E-state index in [2.05, 4.69) is 4.74 Å². The molecule has 3 rings (SSSR count). The van der Waals surface area contributed by atoms with Crippen molar-refractivity contribution in [3.63, 3.8) is 0 Å². The Bertz CT molecular complexity index is 854. The highest BCUT2D eigenvalue weighted by Crippen LogP contribution is 2.22. The Morgan fingerprint density at radius 2 is 1.32 bits per heavy atom. The average Bonchev–Trinajstić information content (AvgIpc) is 2.90. The molecule has 7 heteroatoms. The van der Waals surface area contributed by atoms with Crippen LogP contribution in [0.2, 0.25) is 0 Å². The third-order valence-corrected chi connectivity index (χ3v) is 3.76. The molecule has 1 aliphatic rings. The number of benzene rings is 2. The number of fused-ring (bicyclic) bond motifs is 1. The van der Waals surface area contributed by atoms with Gasteiger partial charge in [0.05, 0.1) is 29.4 Å². The zero-order chi connectivity index (χ0) is 18.0. The largest absolute Gasteiger partial charge is 0.465 e. The summed E-state index contributed by atoms with van der Waals surface area (Å²) < 4.78 is 9.67. The summed E-state index contributed by atoms with van der Waals surface area (Å²) >= 11 is 0. The first kappa shape index (κ1) is 16.4. The standard InChI is InChI=1S/C18H13NO6/c1-24-17(22)13-8-4-5-9-14(13)18(23)25-10-19-15(20)11-6-2-3-7-12(11)16(19)21/h2-9H,10H2,1H3. The van der Waals surface area contributed by atoms with Crippen molar-refractivity contribution in [2.24, 2.45) is 0 Å². The monoisotopic (exact) mass is 339 g/mol. The first-order chi connectivity index (χ1) is 12.0. The highest BCUT2D eigenvalue weighted by Gasteiger charge is 2.36. The summed E-state index contributed by atoms with van der Waals surface area (Å²) in [6.07, 6.45) is 0. The van der Waals surface area contributed by atoms with Crippen molar-refractivity contribution in [3.8, 4) is 0 Å². The molecule has 126 valence electrons. The number of hydrogen-bond acceptors (Lipinski definition) is 6. The van der Waals surface area contributed by atoms with Crippen molar-refractivity contribution in [2.45, 2.75) is 0 Å². The van der Waals surface area contributed by atoms with Gasteiger partial charge in [0, 0.05) is 0 Å². The maximum Gasteiger partial charge on any atom is 0.340 e. The Kier molecular flexibility index (Phi) is 4.30. The molecule has 0 bridgehead atoms. The summed E-state index contributed by atoms with van der Waals surface area (Å²) in [6.45, 7) is -0.541. The normalized spacial score (nSPS) is 12.8. The number of carbonyl (C=O) groups is 4. The number of imide groups is 1. The van der Waals surface area contributed by atoms with Crippen LogP contribution in [0, 0.1) is 0 Å². The average molecular weight is 339 g/mol. The lowest BCUT2D eigenvalue weighted by Crippen LogP contribution is -2.33. The van der Waals surface area contributed by atoms with Crippen LogP contribution in [-0.4, -0.2) is 42.5 Å². The molecule has 0 fully saturated rings. The molecule has 0 unspecified atom stereocenters. The second kappa shape index (κ2) is 6.56. The van der Waals surface area contributed by atoms with Gasteiger partial charge in [0.15, 0.2) is 6.73 Å². The van der Waals surface area contributed by atoms with Gasteiger partial charge >= 0.3 is 11.9 Å². The molecule has 0 aliphatic carbocycles. The van der Waals surface area contributed by atoms with E-state index in [9.17, 15) is 19.2 Å². The summed E-state index contributed by atoms with van der Waals surface area (Å²) in [5, 5.41) is 0. The van der Waals surface area contributed by atoms with E-state index in [1.165, 1.54) is 31.4 Å². The van der Waals surface area contributed by atoms with E-state index in [-0.39, 0.29) is 22.3 Å². The van der Waals surface area contributed by atoms with Crippen LogP contribution in [0.15, 0.2) is 48.5 Å². The minimum absolute atomic E-state index is 0.00837. The van der Waals surface area contributed by atoms with Gasteiger partial charge < -0.3 is 9.47 Å². The lowest BCUT2D eigenvalue weighted by Gasteiger charge is -2.14. The van der Waals surface area contributed by atoms with E-state index >= 15 is 0 Å². The number of nitrogens with zero attached hydrogens (tertiary/aromatic N) is 1. The van der Waals surface area contributed by atoms with E-state index in [1.54, 1.807) is 24.3 Å². The maximum absolute atomic E-state index is 12.2. The first-order valence-electron chi connectivity index (χ1n) is 7.34. The molecule has 0 spiro atoms. The molecule has 0 saturated heterocycles. The zero-order valence-corrected chi connectivity index (χ0v) is 13.2. The summed E-state index contributed by atoms with van der Waals surface area (Å²) in [5.74, 6) is -2.59. The molecule has 0 aromatic heterocycles. The summed E-state index contributed by atoms with van der Waals surface area (Å²) in [6, 6.07) is 12.3. The molecule has 2 amide bonds. The molecule has 25 heavy (non-hydrogen) atoms. The predicted octanol–water partition coefficient (Wildman–Crippen LogP) is 1.88. The number of rotatable bonds is 4. The van der Waals surface area contributed by atoms with E-state index in [1.807, 2.05) is 0 Å². The Hall–Kier alpha value is -3.48. The van der Waals surface area contributed by atoms with Gasteiger partial charge in [-0.15, -0.1) is 0 Å². The third-order valence-electron chi connectivity index (χ3n) is 3.76. The molecule has 0 saturated carbocycles. The van der Waals surface area contributed by atoms with Crippen molar-refractivity contribution in [3.05, 3.63) is 70.8 Å². The quantitative estimate of drug-likeness (QED) is 0.624. The summed E-state index contributed by atoms with van der Waals surface area (Å²) in [4.78, 5) is 49.2. The fraction of sp³-hybridized carbons (Fsp3) is 0.111. The van der Waals surface area contributed by atoms with Crippen LogP contribution < -0.4 is 0 Å². The minimum Gasteiger partial charge on any atom is -0.465 e. The van der Waals surface area contributed by atoms with Crippen molar-refractivity contribution in [1.82, 2.24) is 4.90 Å². The van der Waals surface area contributed by atoms with Crippen molar-refractivity contribution in [1.29, 1.82) is 0 Å². The van der Waals surface area contributed by atoms with Gasteiger partial charge in [0.1, 0.15) is 0 Å². The summed E-state index contributed by atoms with van der Waals surface area (Å²) in [7, 11) is 1.20. The van der Waals surface area contributed by atoms with E-state index < -0.39 is 30.5 Å². The lowest BCUT2D eigenvalue weighted by atomic mass is 10.1. The summed E-state index contributed by atoms with van der Waals surface area (Å²) in [5.41, 5.74) is 0.556. The van der Waals surface area contributed by atoms with Crippen molar-refractivity contribution in [2.75, 3.05) is 13.8 Å². The molecular weight excluding hydrogens is 326 g/mol. The second-order valence-electron chi connectivity index (χ2n) is 5.18. The highest BCUT2D eigenvalue weighted by molar-refractivity contribution is 6.21. The van der Waals surface area contributed by atoms with Crippen molar-refractivity contribution < 1.29 is 28.7 Å². The van der Waals surface area contributed by atoms with Gasteiger partial charge in [-0.25, -0.2) is 14.5 Å². The molecule has 1 heterocycles. The maximum atomic E-state index is 12.2. The zero-order valence-electron chi connectivity index (χ0n) is 13.2.